The molecule has 2 unspecified atom stereocenters. The fraction of sp³-hybridized carbons (Fsp3) is 0.500. The normalized spacial score (nSPS) is 22.9. The summed E-state index contributed by atoms with van der Waals surface area (Å²) in [6.07, 6.45) is 5.60. The summed E-state index contributed by atoms with van der Waals surface area (Å²) in [7, 11) is 0. The number of nitrogens with zero attached hydrogens (tertiary/aromatic N) is 1. The van der Waals surface area contributed by atoms with Crippen LogP contribution in [0.4, 0.5) is 0 Å². The van der Waals surface area contributed by atoms with Gasteiger partial charge in [-0.15, -0.1) is 0 Å². The van der Waals surface area contributed by atoms with E-state index in [1.807, 2.05) is 0 Å². The third-order valence-electron chi connectivity index (χ3n) is 3.64. The molecule has 20 heavy (non-hydrogen) atoms. The van der Waals surface area contributed by atoms with Gasteiger partial charge >= 0.3 is 5.97 Å². The zero-order chi connectivity index (χ0) is 14.5. The average Bonchev–Trinajstić information content (AvgIpc) is 2.64. The zero-order valence-corrected chi connectivity index (χ0v) is 11.8. The molecule has 1 aromatic rings. The first kappa shape index (κ1) is 14.8. The number of amides is 1. The van der Waals surface area contributed by atoms with Gasteiger partial charge in [0.15, 0.2) is 0 Å². The van der Waals surface area contributed by atoms with E-state index in [4.69, 9.17) is 11.6 Å². The van der Waals surface area contributed by atoms with Crippen molar-refractivity contribution in [2.75, 3.05) is 0 Å². The van der Waals surface area contributed by atoms with Crippen molar-refractivity contribution >= 4 is 23.5 Å². The van der Waals surface area contributed by atoms with Crippen molar-refractivity contribution in [1.29, 1.82) is 0 Å². The number of hydrogen-bond acceptors (Lipinski definition) is 3. The van der Waals surface area contributed by atoms with E-state index in [1.54, 1.807) is 6.07 Å². The maximum Gasteiger partial charge on any atom is 0.308 e. The lowest BCUT2D eigenvalue weighted by atomic mass is 9.94. The number of rotatable bonds is 3. The molecule has 2 atom stereocenters. The molecule has 0 aliphatic heterocycles. The Morgan fingerprint density at radius 3 is 2.75 bits per heavy atom. The van der Waals surface area contributed by atoms with Gasteiger partial charge in [0.1, 0.15) is 5.15 Å². The standard InChI is InChI=1S/C14H17ClN2O3/c15-12-8-9(6-7-16-12)13(18)17-11-5-3-1-2-4-10(11)14(19)20/h6-8,10-11H,1-5H2,(H,17,18)(H,19,20). The summed E-state index contributed by atoms with van der Waals surface area (Å²) in [6, 6.07) is 2.71. The summed E-state index contributed by atoms with van der Waals surface area (Å²) in [5, 5.41) is 12.4. The molecule has 2 N–H and O–H groups in total. The summed E-state index contributed by atoms with van der Waals surface area (Å²) in [4.78, 5) is 27.3. The van der Waals surface area contributed by atoms with Gasteiger partial charge in [-0.05, 0) is 25.0 Å². The largest absolute Gasteiger partial charge is 0.481 e. The number of nitrogens with one attached hydrogen (secondary N) is 1. The van der Waals surface area contributed by atoms with Crippen LogP contribution >= 0.6 is 11.6 Å². The molecule has 0 aromatic carbocycles. The third-order valence-corrected chi connectivity index (χ3v) is 3.85. The number of carbonyl (C=O) groups excluding carboxylic acids is 1. The van der Waals surface area contributed by atoms with Crippen molar-refractivity contribution in [1.82, 2.24) is 10.3 Å². The van der Waals surface area contributed by atoms with E-state index in [2.05, 4.69) is 10.3 Å². The molecule has 0 radical (unpaired) electrons. The molecule has 1 aliphatic rings. The van der Waals surface area contributed by atoms with Crippen LogP contribution in [-0.2, 0) is 4.79 Å². The van der Waals surface area contributed by atoms with Crippen LogP contribution in [0.5, 0.6) is 0 Å². The predicted octanol–water partition coefficient (Wildman–Crippen LogP) is 2.50. The highest BCUT2D eigenvalue weighted by Gasteiger charge is 2.30. The Morgan fingerprint density at radius 2 is 2.05 bits per heavy atom. The molecule has 0 saturated heterocycles. The number of hydrogen-bond donors (Lipinski definition) is 2. The molecule has 0 spiro atoms. The van der Waals surface area contributed by atoms with E-state index >= 15 is 0 Å². The van der Waals surface area contributed by atoms with Crippen molar-refractivity contribution in [3.63, 3.8) is 0 Å². The minimum atomic E-state index is -0.843. The van der Waals surface area contributed by atoms with Gasteiger partial charge in [0.05, 0.1) is 5.92 Å². The fourth-order valence-corrected chi connectivity index (χ4v) is 2.75. The molecule has 108 valence electrons. The van der Waals surface area contributed by atoms with Crippen LogP contribution < -0.4 is 5.32 Å². The summed E-state index contributed by atoms with van der Waals surface area (Å²) >= 11 is 5.75. The van der Waals surface area contributed by atoms with E-state index in [0.717, 1.165) is 19.3 Å². The highest BCUT2D eigenvalue weighted by molar-refractivity contribution is 6.29. The van der Waals surface area contributed by atoms with Gasteiger partial charge in [-0.3, -0.25) is 9.59 Å². The highest BCUT2D eigenvalue weighted by Crippen LogP contribution is 2.24. The molecular formula is C14H17ClN2O3. The molecule has 1 aromatic heterocycles. The molecular weight excluding hydrogens is 280 g/mol. The van der Waals surface area contributed by atoms with Gasteiger partial charge in [-0.1, -0.05) is 30.9 Å². The van der Waals surface area contributed by atoms with Crippen molar-refractivity contribution in [2.24, 2.45) is 5.92 Å². The lowest BCUT2D eigenvalue weighted by Crippen LogP contribution is -2.42. The van der Waals surface area contributed by atoms with Crippen LogP contribution in [0.3, 0.4) is 0 Å². The number of aromatic nitrogens is 1. The lowest BCUT2D eigenvalue weighted by molar-refractivity contribution is -0.142. The minimum Gasteiger partial charge on any atom is -0.481 e. The van der Waals surface area contributed by atoms with Crippen molar-refractivity contribution < 1.29 is 14.7 Å². The van der Waals surface area contributed by atoms with E-state index in [1.165, 1.54) is 12.3 Å². The molecule has 1 fully saturated rings. The molecule has 0 bridgehead atoms. The van der Waals surface area contributed by atoms with Gasteiger partial charge in [0.2, 0.25) is 0 Å². The number of carboxylic acids is 1. The molecule has 5 nitrogen and oxygen atoms in total. The van der Waals surface area contributed by atoms with Crippen molar-refractivity contribution in [2.45, 2.75) is 38.1 Å². The Balaban J connectivity index is 2.09. The van der Waals surface area contributed by atoms with Gasteiger partial charge in [0, 0.05) is 17.8 Å². The zero-order valence-electron chi connectivity index (χ0n) is 11.0. The summed E-state index contributed by atoms with van der Waals surface area (Å²) in [5.41, 5.74) is 0.401. The van der Waals surface area contributed by atoms with Crippen molar-refractivity contribution in [3.05, 3.63) is 29.0 Å². The highest BCUT2D eigenvalue weighted by atomic mass is 35.5. The monoisotopic (exact) mass is 296 g/mol. The summed E-state index contributed by atoms with van der Waals surface area (Å²) in [6.45, 7) is 0. The van der Waals surface area contributed by atoms with Crippen molar-refractivity contribution in [3.8, 4) is 0 Å². The van der Waals surface area contributed by atoms with Crippen LogP contribution in [0, 0.1) is 5.92 Å². The molecule has 2 rings (SSSR count). The second-order valence-electron chi connectivity index (χ2n) is 5.03. The maximum absolute atomic E-state index is 12.2. The quantitative estimate of drug-likeness (QED) is 0.663. The first-order valence-corrected chi connectivity index (χ1v) is 7.11. The average molecular weight is 297 g/mol. The summed E-state index contributed by atoms with van der Waals surface area (Å²) < 4.78 is 0. The Bertz CT molecular complexity index is 507. The van der Waals surface area contributed by atoms with Gasteiger partial charge in [0.25, 0.3) is 5.91 Å². The SMILES string of the molecule is O=C(NC1CCCCCC1C(=O)O)c1ccnc(Cl)c1. The van der Waals surface area contributed by atoms with Crippen LogP contribution in [0.1, 0.15) is 42.5 Å². The number of aliphatic carboxylic acids is 1. The van der Waals surface area contributed by atoms with E-state index in [0.29, 0.717) is 18.4 Å². The number of halogens is 1. The van der Waals surface area contributed by atoms with Crippen LogP contribution in [0.15, 0.2) is 18.3 Å². The van der Waals surface area contributed by atoms with E-state index in [-0.39, 0.29) is 17.1 Å². The van der Waals surface area contributed by atoms with Crippen LogP contribution in [-0.4, -0.2) is 28.0 Å². The number of pyridine rings is 1. The first-order valence-electron chi connectivity index (χ1n) is 6.73. The Labute approximate surface area is 122 Å². The molecule has 1 saturated carbocycles. The number of carbonyl (C=O) groups is 2. The van der Waals surface area contributed by atoms with Gasteiger partial charge in [-0.25, -0.2) is 4.98 Å². The topological polar surface area (TPSA) is 79.3 Å². The van der Waals surface area contributed by atoms with Gasteiger partial charge in [-0.2, -0.15) is 0 Å². The van der Waals surface area contributed by atoms with E-state index < -0.39 is 11.9 Å². The minimum absolute atomic E-state index is 0.244. The third kappa shape index (κ3) is 3.70. The van der Waals surface area contributed by atoms with E-state index in [9.17, 15) is 14.7 Å². The maximum atomic E-state index is 12.2. The molecule has 1 amide bonds. The molecule has 1 heterocycles. The van der Waals surface area contributed by atoms with Gasteiger partial charge < -0.3 is 10.4 Å². The fourth-order valence-electron chi connectivity index (χ4n) is 2.57. The first-order chi connectivity index (χ1) is 9.58. The van der Waals surface area contributed by atoms with Crippen LogP contribution in [0.2, 0.25) is 5.15 Å². The smallest absolute Gasteiger partial charge is 0.308 e. The Hall–Kier alpha value is -1.62. The number of carboxylic acid groups (broad SMARTS) is 1. The molecule has 1 aliphatic carbocycles. The molecule has 6 heteroatoms. The lowest BCUT2D eigenvalue weighted by Gasteiger charge is -2.22. The second kappa shape index (κ2) is 6.70. The summed E-state index contributed by atoms with van der Waals surface area (Å²) in [5.74, 6) is -1.66. The van der Waals surface area contributed by atoms with Crippen LogP contribution in [0.25, 0.3) is 0 Å². The Morgan fingerprint density at radius 1 is 1.30 bits per heavy atom. The second-order valence-corrected chi connectivity index (χ2v) is 5.42. The predicted molar refractivity (Wildman–Crippen MR) is 74.7 cm³/mol. The Kier molecular flexibility index (Phi) is 4.95.